The smallest absolute Gasteiger partial charge is 0.411 e. The number of fused-ring (bicyclic) bond motifs is 3. The molecule has 7 nitrogen and oxygen atoms in total. The molecule has 1 aliphatic rings. The van der Waals surface area contributed by atoms with Crippen LogP contribution in [-0.2, 0) is 9.53 Å². The molecule has 3 aromatic rings. The number of rotatable bonds is 8. The zero-order valence-electron chi connectivity index (χ0n) is 19.1. The van der Waals surface area contributed by atoms with Crippen LogP contribution in [0, 0.1) is 0 Å². The molecule has 3 aromatic carbocycles. The number of hydrogen-bond donors (Lipinski definition) is 3. The van der Waals surface area contributed by atoms with E-state index in [-0.39, 0.29) is 24.9 Å². The summed E-state index contributed by atoms with van der Waals surface area (Å²) >= 11 is 3.38. The van der Waals surface area contributed by atoms with Crippen molar-refractivity contribution in [1.29, 1.82) is 0 Å². The molecule has 2 amide bonds. The number of carboxylic acid groups (broad SMARTS) is 1. The molecule has 0 saturated heterocycles. The first-order valence-corrected chi connectivity index (χ1v) is 12.1. The Morgan fingerprint density at radius 2 is 1.63 bits per heavy atom. The minimum absolute atomic E-state index is 0.0417. The number of benzene rings is 3. The van der Waals surface area contributed by atoms with E-state index >= 15 is 0 Å². The van der Waals surface area contributed by atoms with E-state index in [1.54, 1.807) is 18.2 Å². The van der Waals surface area contributed by atoms with Crippen molar-refractivity contribution in [2.45, 2.75) is 31.7 Å². The first-order valence-electron chi connectivity index (χ1n) is 11.3. The summed E-state index contributed by atoms with van der Waals surface area (Å²) in [6, 6.07) is 20.5. The lowest BCUT2D eigenvalue weighted by Crippen LogP contribution is -2.36. The van der Waals surface area contributed by atoms with E-state index < -0.39 is 18.1 Å². The summed E-state index contributed by atoms with van der Waals surface area (Å²) in [6.07, 6.45) is -0.247. The molecule has 0 aliphatic heterocycles. The van der Waals surface area contributed by atoms with Gasteiger partial charge < -0.3 is 15.2 Å². The molecule has 0 spiro atoms. The maximum Gasteiger partial charge on any atom is 0.411 e. The number of ether oxygens (including phenoxy) is 1. The zero-order chi connectivity index (χ0) is 24.9. The lowest BCUT2D eigenvalue weighted by molar-refractivity contribution is -0.137. The summed E-state index contributed by atoms with van der Waals surface area (Å²) < 4.78 is 6.08. The molecule has 0 fully saturated rings. The average molecular weight is 537 g/mol. The Kier molecular flexibility index (Phi) is 7.51. The fourth-order valence-corrected chi connectivity index (χ4v) is 4.76. The van der Waals surface area contributed by atoms with Crippen LogP contribution in [-0.4, -0.2) is 35.7 Å². The average Bonchev–Trinajstić information content (AvgIpc) is 3.17. The van der Waals surface area contributed by atoms with Crippen LogP contribution >= 0.6 is 15.9 Å². The number of carbonyl (C=O) groups excluding carboxylic acids is 2. The van der Waals surface area contributed by atoms with Gasteiger partial charge in [-0.1, -0.05) is 55.5 Å². The molecule has 0 bridgehead atoms. The normalized spacial score (nSPS) is 12.9. The molecule has 0 radical (unpaired) electrons. The monoisotopic (exact) mass is 536 g/mol. The van der Waals surface area contributed by atoms with Crippen molar-refractivity contribution in [3.63, 3.8) is 0 Å². The second-order valence-corrected chi connectivity index (χ2v) is 9.18. The van der Waals surface area contributed by atoms with Crippen LogP contribution in [0.25, 0.3) is 11.1 Å². The molecule has 8 heteroatoms. The molecule has 0 saturated carbocycles. The van der Waals surface area contributed by atoms with Crippen molar-refractivity contribution >= 4 is 39.6 Å². The summed E-state index contributed by atoms with van der Waals surface area (Å²) in [5.41, 5.74) is 5.37. The molecule has 0 heterocycles. The maximum absolute atomic E-state index is 12.6. The van der Waals surface area contributed by atoms with Gasteiger partial charge in [-0.3, -0.25) is 14.9 Å². The van der Waals surface area contributed by atoms with Crippen molar-refractivity contribution in [1.82, 2.24) is 5.32 Å². The molecule has 1 aliphatic carbocycles. The Balaban J connectivity index is 1.38. The third-order valence-corrected chi connectivity index (χ3v) is 6.72. The highest BCUT2D eigenvalue weighted by molar-refractivity contribution is 9.10. The quantitative estimate of drug-likeness (QED) is 0.337. The van der Waals surface area contributed by atoms with Gasteiger partial charge in [0.05, 0.1) is 12.1 Å². The molecule has 35 heavy (non-hydrogen) atoms. The summed E-state index contributed by atoms with van der Waals surface area (Å²) in [7, 11) is 0. The second kappa shape index (κ2) is 10.7. The lowest BCUT2D eigenvalue weighted by atomic mass is 9.98. The number of halogens is 1. The van der Waals surface area contributed by atoms with E-state index in [2.05, 4.69) is 50.8 Å². The molecule has 180 valence electrons. The van der Waals surface area contributed by atoms with Crippen molar-refractivity contribution in [2.75, 3.05) is 11.9 Å². The molecular weight excluding hydrogens is 512 g/mol. The Morgan fingerprint density at radius 3 is 2.20 bits per heavy atom. The maximum atomic E-state index is 12.6. The Labute approximate surface area is 211 Å². The summed E-state index contributed by atoms with van der Waals surface area (Å²) in [4.78, 5) is 36.0. The third kappa shape index (κ3) is 5.54. The summed E-state index contributed by atoms with van der Waals surface area (Å²) in [6.45, 7) is 2.01. The molecular formula is C27H25BrN2O5. The highest BCUT2D eigenvalue weighted by Gasteiger charge is 2.29. The molecule has 3 N–H and O–H groups in total. The fourth-order valence-electron chi connectivity index (χ4n) is 4.28. The Hall–Kier alpha value is -3.65. The second-order valence-electron chi connectivity index (χ2n) is 8.32. The van der Waals surface area contributed by atoms with Crippen molar-refractivity contribution < 1.29 is 24.2 Å². The number of hydrogen-bond acceptors (Lipinski definition) is 4. The Bertz CT molecular complexity index is 1230. The highest BCUT2D eigenvalue weighted by Crippen LogP contribution is 2.44. The summed E-state index contributed by atoms with van der Waals surface area (Å²) in [5.74, 6) is -1.40. The molecule has 0 aromatic heterocycles. The van der Waals surface area contributed by atoms with Crippen LogP contribution in [0.3, 0.4) is 0 Å². The minimum atomic E-state index is -0.971. The van der Waals surface area contributed by atoms with Crippen LogP contribution in [0.5, 0.6) is 0 Å². The van der Waals surface area contributed by atoms with Gasteiger partial charge in [0, 0.05) is 22.0 Å². The van der Waals surface area contributed by atoms with Crippen molar-refractivity contribution in [3.8, 4) is 11.1 Å². The predicted molar refractivity (Wildman–Crippen MR) is 137 cm³/mol. The van der Waals surface area contributed by atoms with Crippen LogP contribution < -0.4 is 10.6 Å². The van der Waals surface area contributed by atoms with E-state index in [0.29, 0.717) is 22.1 Å². The Morgan fingerprint density at radius 1 is 1.00 bits per heavy atom. The summed E-state index contributed by atoms with van der Waals surface area (Å²) in [5, 5.41) is 14.4. The number of aliphatic carboxylic acids is 1. The number of carboxylic acids is 1. The predicted octanol–water partition coefficient (Wildman–Crippen LogP) is 5.79. The van der Waals surface area contributed by atoms with Crippen LogP contribution in [0.1, 0.15) is 47.2 Å². The van der Waals surface area contributed by atoms with Gasteiger partial charge in [-0.05, 0) is 62.8 Å². The lowest BCUT2D eigenvalue weighted by Gasteiger charge is -2.16. The van der Waals surface area contributed by atoms with Gasteiger partial charge in [0.1, 0.15) is 6.61 Å². The highest BCUT2D eigenvalue weighted by atomic mass is 79.9. The van der Waals surface area contributed by atoms with E-state index in [1.165, 1.54) is 0 Å². The standard InChI is InChI=1S/C27H25BrN2O5/c1-2-17(14-25(31)32)29-26(33)16-11-12-24(23(28)13-16)30-27(34)35-15-22-20-9-5-3-7-18(20)19-8-4-6-10-21(19)22/h3-13,17,22H,2,14-15H2,1H3,(H,29,33)(H,30,34)(H,31,32). The molecule has 1 atom stereocenters. The first-order chi connectivity index (χ1) is 16.9. The van der Waals surface area contributed by atoms with Gasteiger partial charge in [-0.25, -0.2) is 4.79 Å². The number of carbonyl (C=O) groups is 3. The number of amides is 2. The van der Waals surface area contributed by atoms with Gasteiger partial charge in [0.25, 0.3) is 5.91 Å². The van der Waals surface area contributed by atoms with E-state index in [0.717, 1.165) is 22.3 Å². The van der Waals surface area contributed by atoms with Gasteiger partial charge in [-0.15, -0.1) is 0 Å². The first kappa shape index (κ1) is 24.5. The van der Waals surface area contributed by atoms with Gasteiger partial charge >= 0.3 is 12.1 Å². The van der Waals surface area contributed by atoms with Gasteiger partial charge in [-0.2, -0.15) is 0 Å². The van der Waals surface area contributed by atoms with Crippen molar-refractivity contribution in [3.05, 3.63) is 87.9 Å². The van der Waals surface area contributed by atoms with E-state index in [1.807, 2.05) is 31.2 Å². The van der Waals surface area contributed by atoms with Crippen molar-refractivity contribution in [2.24, 2.45) is 0 Å². The van der Waals surface area contributed by atoms with Gasteiger partial charge in [0.2, 0.25) is 0 Å². The van der Waals surface area contributed by atoms with Gasteiger partial charge in [0.15, 0.2) is 0 Å². The SMILES string of the molecule is CCC(CC(=O)O)NC(=O)c1ccc(NC(=O)OCC2c3ccccc3-c3ccccc32)c(Br)c1. The minimum Gasteiger partial charge on any atom is -0.481 e. The van der Waals surface area contributed by atoms with Crippen LogP contribution in [0.2, 0.25) is 0 Å². The largest absolute Gasteiger partial charge is 0.481 e. The van der Waals surface area contributed by atoms with Crippen LogP contribution in [0.15, 0.2) is 71.2 Å². The van der Waals surface area contributed by atoms with E-state index in [9.17, 15) is 14.4 Å². The topological polar surface area (TPSA) is 105 Å². The zero-order valence-corrected chi connectivity index (χ0v) is 20.7. The van der Waals surface area contributed by atoms with Crippen LogP contribution in [0.4, 0.5) is 10.5 Å². The fraction of sp³-hybridized carbons (Fsp3) is 0.222. The molecule has 4 rings (SSSR count). The number of anilines is 1. The third-order valence-electron chi connectivity index (χ3n) is 6.06. The number of nitrogens with one attached hydrogen (secondary N) is 2. The van der Waals surface area contributed by atoms with E-state index in [4.69, 9.17) is 9.84 Å². The molecule has 1 unspecified atom stereocenters.